The van der Waals surface area contributed by atoms with Gasteiger partial charge in [-0.3, -0.25) is 5.10 Å². The average Bonchev–Trinajstić information content (AvgIpc) is 3.46. The maximum atomic E-state index is 9.76. The van der Waals surface area contributed by atoms with E-state index in [0.29, 0.717) is 18.3 Å². The van der Waals surface area contributed by atoms with Crippen molar-refractivity contribution in [2.75, 3.05) is 23.7 Å². The van der Waals surface area contributed by atoms with Crippen LogP contribution in [0, 0.1) is 0 Å². The fraction of sp³-hybridized carbons (Fsp3) is 0.333. The monoisotopic (exact) mass is 421 g/mol. The van der Waals surface area contributed by atoms with Gasteiger partial charge < -0.3 is 21.5 Å². The largest absolute Gasteiger partial charge is 0.390 e. The molecule has 1 atom stereocenters. The number of fused-ring (bicyclic) bond motifs is 1. The molecule has 3 aromatic heterocycles. The van der Waals surface area contributed by atoms with Gasteiger partial charge in [0.15, 0.2) is 5.82 Å². The third kappa shape index (κ3) is 4.65. The first-order valence-corrected chi connectivity index (χ1v) is 10.3. The van der Waals surface area contributed by atoms with Crippen LogP contribution in [0.25, 0.3) is 16.7 Å². The van der Waals surface area contributed by atoms with Crippen LogP contribution < -0.4 is 16.4 Å². The van der Waals surface area contributed by atoms with Crippen LogP contribution in [0.2, 0.25) is 0 Å². The van der Waals surface area contributed by atoms with Crippen LogP contribution in [0.15, 0.2) is 42.7 Å². The van der Waals surface area contributed by atoms with Crippen molar-refractivity contribution in [2.45, 2.75) is 32.4 Å². The van der Waals surface area contributed by atoms with Gasteiger partial charge in [-0.1, -0.05) is 26.0 Å². The van der Waals surface area contributed by atoms with Gasteiger partial charge in [0, 0.05) is 32.0 Å². The van der Waals surface area contributed by atoms with Crippen LogP contribution in [0.1, 0.15) is 31.0 Å². The molecule has 0 saturated carbocycles. The van der Waals surface area contributed by atoms with Gasteiger partial charge in [-0.15, -0.1) is 0 Å². The molecule has 162 valence electrons. The van der Waals surface area contributed by atoms with Crippen molar-refractivity contribution >= 4 is 22.8 Å². The van der Waals surface area contributed by atoms with Gasteiger partial charge >= 0.3 is 0 Å². The van der Waals surface area contributed by atoms with E-state index in [1.54, 1.807) is 6.20 Å². The Hall–Kier alpha value is -3.50. The first-order chi connectivity index (χ1) is 15.0. The topological polar surface area (TPSA) is 143 Å². The smallest absolute Gasteiger partial charge is 0.225 e. The van der Waals surface area contributed by atoms with Crippen LogP contribution in [-0.2, 0) is 6.54 Å². The number of hydrogen-bond donors (Lipinski definition) is 5. The Morgan fingerprint density at radius 3 is 2.65 bits per heavy atom. The molecule has 0 fully saturated rings. The first-order valence-electron chi connectivity index (χ1n) is 10.3. The van der Waals surface area contributed by atoms with Crippen molar-refractivity contribution in [3.8, 4) is 5.69 Å². The molecule has 0 radical (unpaired) electrons. The third-order valence-corrected chi connectivity index (χ3v) is 4.92. The van der Waals surface area contributed by atoms with Crippen molar-refractivity contribution in [1.82, 2.24) is 29.9 Å². The second-order valence-corrected chi connectivity index (χ2v) is 7.62. The molecular formula is C21H27N9O. The SMILES string of the molecule is CC(C)c1n[nH]c2c(NCc3ccc(-n4cccn4)cc3)nc(NCC(O)CN)nc12. The second-order valence-electron chi connectivity index (χ2n) is 7.62. The van der Waals surface area contributed by atoms with E-state index in [2.05, 4.69) is 49.7 Å². The lowest BCUT2D eigenvalue weighted by atomic mass is 10.1. The summed E-state index contributed by atoms with van der Waals surface area (Å²) in [5.41, 5.74) is 9.96. The molecule has 0 amide bonds. The van der Waals surface area contributed by atoms with Gasteiger partial charge in [0.05, 0.1) is 17.5 Å². The summed E-state index contributed by atoms with van der Waals surface area (Å²) in [6, 6.07) is 10.0. The molecule has 0 spiro atoms. The maximum Gasteiger partial charge on any atom is 0.225 e. The Bertz CT molecular complexity index is 1120. The third-order valence-electron chi connectivity index (χ3n) is 4.92. The number of H-pyrrole nitrogens is 1. The number of rotatable bonds is 9. The highest BCUT2D eigenvalue weighted by Crippen LogP contribution is 2.27. The zero-order chi connectivity index (χ0) is 21.8. The van der Waals surface area contributed by atoms with Crippen LogP contribution in [0.4, 0.5) is 11.8 Å². The fourth-order valence-corrected chi connectivity index (χ4v) is 3.20. The van der Waals surface area contributed by atoms with E-state index >= 15 is 0 Å². The minimum absolute atomic E-state index is 0.165. The van der Waals surface area contributed by atoms with E-state index in [4.69, 9.17) is 5.73 Å². The number of nitrogens with two attached hydrogens (primary N) is 1. The van der Waals surface area contributed by atoms with Gasteiger partial charge in [0.1, 0.15) is 11.0 Å². The van der Waals surface area contributed by atoms with Crippen molar-refractivity contribution in [3.63, 3.8) is 0 Å². The van der Waals surface area contributed by atoms with Crippen LogP contribution >= 0.6 is 0 Å². The molecule has 3 heterocycles. The second kappa shape index (κ2) is 9.11. The Balaban J connectivity index is 1.56. The molecule has 10 nitrogen and oxygen atoms in total. The number of anilines is 2. The number of hydrogen-bond acceptors (Lipinski definition) is 8. The number of aliphatic hydroxyl groups is 1. The van der Waals surface area contributed by atoms with Crippen LogP contribution in [0.5, 0.6) is 0 Å². The summed E-state index contributed by atoms with van der Waals surface area (Å²) in [6.07, 6.45) is 2.99. The molecule has 0 bridgehead atoms. The molecule has 6 N–H and O–H groups in total. The molecular weight excluding hydrogens is 394 g/mol. The molecule has 10 heteroatoms. The van der Waals surface area contributed by atoms with E-state index < -0.39 is 6.10 Å². The van der Waals surface area contributed by atoms with E-state index in [9.17, 15) is 5.11 Å². The van der Waals surface area contributed by atoms with Gasteiger partial charge in [0.2, 0.25) is 5.95 Å². The Morgan fingerprint density at radius 2 is 1.97 bits per heavy atom. The van der Waals surface area contributed by atoms with Crippen molar-refractivity contribution < 1.29 is 5.11 Å². The van der Waals surface area contributed by atoms with Crippen LogP contribution in [-0.4, -0.2) is 54.2 Å². The molecule has 4 aromatic rings. The summed E-state index contributed by atoms with van der Waals surface area (Å²) in [7, 11) is 0. The normalized spacial score (nSPS) is 12.4. The summed E-state index contributed by atoms with van der Waals surface area (Å²) >= 11 is 0. The Labute approximate surface area is 179 Å². The van der Waals surface area contributed by atoms with E-state index in [1.165, 1.54) is 0 Å². The summed E-state index contributed by atoms with van der Waals surface area (Å²) in [4.78, 5) is 9.18. The first kappa shape index (κ1) is 20.8. The zero-order valence-corrected chi connectivity index (χ0v) is 17.6. The Morgan fingerprint density at radius 1 is 1.16 bits per heavy atom. The highest BCUT2D eigenvalue weighted by atomic mass is 16.3. The predicted octanol–water partition coefficient (Wildman–Crippen LogP) is 2.01. The van der Waals surface area contributed by atoms with Crippen molar-refractivity contribution in [2.24, 2.45) is 5.73 Å². The van der Waals surface area contributed by atoms with Crippen molar-refractivity contribution in [3.05, 3.63) is 54.0 Å². The quantitative estimate of drug-likeness (QED) is 0.276. The van der Waals surface area contributed by atoms with Gasteiger partial charge in [-0.05, 0) is 29.7 Å². The lowest BCUT2D eigenvalue weighted by Crippen LogP contribution is -2.28. The van der Waals surface area contributed by atoms with E-state index in [-0.39, 0.29) is 19.0 Å². The zero-order valence-electron chi connectivity index (χ0n) is 17.6. The molecule has 31 heavy (non-hydrogen) atoms. The number of aromatic nitrogens is 6. The molecule has 1 aromatic carbocycles. The molecule has 0 aliphatic heterocycles. The number of benzene rings is 1. The number of aliphatic hydroxyl groups excluding tert-OH is 1. The maximum absolute atomic E-state index is 9.76. The summed E-state index contributed by atoms with van der Waals surface area (Å²) in [6.45, 7) is 5.14. The lowest BCUT2D eigenvalue weighted by molar-refractivity contribution is 0.196. The fourth-order valence-electron chi connectivity index (χ4n) is 3.20. The van der Waals surface area contributed by atoms with Crippen LogP contribution in [0.3, 0.4) is 0 Å². The predicted molar refractivity (Wildman–Crippen MR) is 120 cm³/mol. The average molecular weight is 422 g/mol. The molecule has 0 aliphatic carbocycles. The minimum Gasteiger partial charge on any atom is -0.390 e. The van der Waals surface area contributed by atoms with E-state index in [0.717, 1.165) is 28.0 Å². The molecule has 4 rings (SSSR count). The standard InChI is InChI=1S/C21H27N9O/c1-13(2)17-18-19(29-28-17)20(27-21(26-18)24-12-16(31)10-22)23-11-14-4-6-15(7-5-14)30-9-3-8-25-30/h3-9,13,16,31H,10-12,22H2,1-2H3,(H,28,29)(H2,23,24,26,27). The molecule has 1 unspecified atom stereocenters. The number of nitrogens with zero attached hydrogens (tertiary/aromatic N) is 5. The van der Waals surface area contributed by atoms with Crippen molar-refractivity contribution in [1.29, 1.82) is 0 Å². The van der Waals surface area contributed by atoms with Gasteiger partial charge in [-0.25, -0.2) is 9.67 Å². The molecule has 0 saturated heterocycles. The number of aromatic amines is 1. The van der Waals surface area contributed by atoms with E-state index in [1.807, 2.05) is 41.2 Å². The van der Waals surface area contributed by atoms with Gasteiger partial charge in [0.25, 0.3) is 0 Å². The molecule has 0 aliphatic rings. The highest BCUT2D eigenvalue weighted by Gasteiger charge is 2.17. The number of nitrogens with one attached hydrogen (secondary N) is 3. The highest BCUT2D eigenvalue weighted by molar-refractivity contribution is 5.88. The minimum atomic E-state index is -0.669. The summed E-state index contributed by atoms with van der Waals surface area (Å²) in [5.74, 6) is 1.26. The summed E-state index contributed by atoms with van der Waals surface area (Å²) < 4.78 is 1.82. The lowest BCUT2D eigenvalue weighted by Gasteiger charge is -2.12. The van der Waals surface area contributed by atoms with Gasteiger partial charge in [-0.2, -0.15) is 15.2 Å². The summed E-state index contributed by atoms with van der Waals surface area (Å²) in [5, 5.41) is 27.9. The Kier molecular flexibility index (Phi) is 6.10.